The number of imidazole rings is 1. The number of carbonyl (C=O) groups is 1. The highest BCUT2D eigenvalue weighted by Crippen LogP contribution is 2.14. The van der Waals surface area contributed by atoms with Crippen LogP contribution in [0.4, 0.5) is 0 Å². The number of aromatic carboxylic acids is 1. The van der Waals surface area contributed by atoms with Crippen molar-refractivity contribution < 1.29 is 15.0 Å². The Kier molecular flexibility index (Phi) is 2.82. The molecule has 0 bridgehead atoms. The van der Waals surface area contributed by atoms with Crippen LogP contribution in [-0.4, -0.2) is 37.7 Å². The molecule has 16 heavy (non-hydrogen) atoms. The van der Waals surface area contributed by atoms with Gasteiger partial charge in [0.2, 0.25) is 0 Å². The molecule has 0 aliphatic carbocycles. The Labute approximate surface area is 91.0 Å². The fourth-order valence-corrected chi connectivity index (χ4v) is 1.50. The third-order valence-electron chi connectivity index (χ3n) is 2.24. The maximum absolute atomic E-state index is 10.9. The first-order chi connectivity index (χ1) is 7.72. The van der Waals surface area contributed by atoms with Crippen LogP contribution in [0, 0.1) is 0 Å². The largest absolute Gasteiger partial charge is 0.478 e. The number of carboxylic acid groups (broad SMARTS) is 1. The highest BCUT2D eigenvalue weighted by Gasteiger charge is 2.12. The summed E-state index contributed by atoms with van der Waals surface area (Å²) in [6.07, 6.45) is 2.58. The highest BCUT2D eigenvalue weighted by molar-refractivity contribution is 5.99. The fraction of sp³-hybridized carbons (Fsp3) is 0.300. The Morgan fingerprint density at radius 1 is 1.50 bits per heavy atom. The van der Waals surface area contributed by atoms with Gasteiger partial charge in [-0.25, -0.2) is 14.8 Å². The zero-order chi connectivity index (χ0) is 11.5. The number of aliphatic hydroxyl groups is 1. The lowest BCUT2D eigenvalue weighted by Crippen LogP contribution is -1.98. The maximum atomic E-state index is 10.9. The number of hydrogen-bond acceptors (Lipinski definition) is 4. The summed E-state index contributed by atoms with van der Waals surface area (Å²) in [5, 5.41) is 17.6. The van der Waals surface area contributed by atoms with Gasteiger partial charge < -0.3 is 15.2 Å². The normalized spacial score (nSPS) is 10.8. The molecule has 0 amide bonds. The number of aliphatic hydroxyl groups excluding tert-OH is 1. The molecule has 0 aliphatic heterocycles. The number of aryl methyl sites for hydroxylation is 1. The number of pyridine rings is 1. The van der Waals surface area contributed by atoms with Crippen molar-refractivity contribution in [2.45, 2.75) is 12.8 Å². The molecule has 0 aliphatic rings. The molecule has 6 nitrogen and oxygen atoms in total. The van der Waals surface area contributed by atoms with Gasteiger partial charge in [-0.1, -0.05) is 0 Å². The highest BCUT2D eigenvalue weighted by atomic mass is 16.4. The summed E-state index contributed by atoms with van der Waals surface area (Å²) in [4.78, 5) is 22.0. The molecule has 2 rings (SSSR count). The van der Waals surface area contributed by atoms with Crippen LogP contribution in [0.5, 0.6) is 0 Å². The minimum Gasteiger partial charge on any atom is -0.478 e. The van der Waals surface area contributed by atoms with Crippen molar-refractivity contribution in [2.24, 2.45) is 0 Å². The van der Waals surface area contributed by atoms with Gasteiger partial charge in [0.05, 0.1) is 11.1 Å². The van der Waals surface area contributed by atoms with E-state index in [0.29, 0.717) is 29.8 Å². The molecule has 0 saturated heterocycles. The second-order valence-corrected chi connectivity index (χ2v) is 3.37. The van der Waals surface area contributed by atoms with Crippen molar-refractivity contribution in [1.29, 1.82) is 0 Å². The van der Waals surface area contributed by atoms with Crippen molar-refractivity contribution in [3.8, 4) is 0 Å². The van der Waals surface area contributed by atoms with Crippen LogP contribution in [0.2, 0.25) is 0 Å². The van der Waals surface area contributed by atoms with Gasteiger partial charge in [0.15, 0.2) is 5.65 Å². The molecular formula is C10H11N3O3. The Hall–Kier alpha value is -1.95. The van der Waals surface area contributed by atoms with E-state index in [1.54, 1.807) is 0 Å². The SMILES string of the molecule is O=C(O)c1ccnc2nc(CCCO)[nH]c12. The monoisotopic (exact) mass is 221 g/mol. The smallest absolute Gasteiger partial charge is 0.338 e. The molecule has 6 heteroatoms. The number of hydrogen-bond donors (Lipinski definition) is 3. The third kappa shape index (κ3) is 1.87. The number of aromatic amines is 1. The van der Waals surface area contributed by atoms with Crippen LogP contribution >= 0.6 is 0 Å². The third-order valence-corrected chi connectivity index (χ3v) is 2.24. The molecule has 2 aromatic heterocycles. The van der Waals surface area contributed by atoms with E-state index in [1.807, 2.05) is 0 Å². The molecule has 0 atom stereocenters. The van der Waals surface area contributed by atoms with E-state index in [-0.39, 0.29) is 12.2 Å². The first kappa shape index (κ1) is 10.6. The summed E-state index contributed by atoms with van der Waals surface area (Å²) >= 11 is 0. The summed E-state index contributed by atoms with van der Waals surface area (Å²) < 4.78 is 0. The number of rotatable bonds is 4. The van der Waals surface area contributed by atoms with Gasteiger partial charge in [-0.05, 0) is 12.5 Å². The number of nitrogens with zero attached hydrogens (tertiary/aromatic N) is 2. The standard InChI is InChI=1S/C10H11N3O3/c14-5-1-2-7-12-8-6(10(15)16)3-4-11-9(8)13-7/h3-4,14H,1-2,5H2,(H,15,16)(H,11,12,13). The first-order valence-electron chi connectivity index (χ1n) is 4.90. The molecule has 0 fully saturated rings. The number of aromatic nitrogens is 3. The predicted molar refractivity (Wildman–Crippen MR) is 56.3 cm³/mol. The summed E-state index contributed by atoms with van der Waals surface area (Å²) in [5.74, 6) is -0.366. The zero-order valence-corrected chi connectivity index (χ0v) is 8.47. The van der Waals surface area contributed by atoms with Crippen molar-refractivity contribution in [1.82, 2.24) is 15.0 Å². The molecule has 2 heterocycles. The maximum Gasteiger partial charge on any atom is 0.338 e. The lowest BCUT2D eigenvalue weighted by atomic mass is 10.2. The van der Waals surface area contributed by atoms with Crippen LogP contribution in [0.1, 0.15) is 22.6 Å². The Bertz CT molecular complexity index is 521. The average molecular weight is 221 g/mol. The Morgan fingerprint density at radius 3 is 3.00 bits per heavy atom. The van der Waals surface area contributed by atoms with E-state index in [0.717, 1.165) is 0 Å². The Balaban J connectivity index is 2.44. The van der Waals surface area contributed by atoms with Gasteiger partial charge >= 0.3 is 5.97 Å². The van der Waals surface area contributed by atoms with Crippen LogP contribution in [-0.2, 0) is 6.42 Å². The van der Waals surface area contributed by atoms with Gasteiger partial charge in [0.25, 0.3) is 0 Å². The van der Waals surface area contributed by atoms with Crippen LogP contribution in [0.25, 0.3) is 11.2 Å². The van der Waals surface area contributed by atoms with Crippen molar-refractivity contribution in [3.05, 3.63) is 23.7 Å². The van der Waals surface area contributed by atoms with E-state index in [9.17, 15) is 4.79 Å². The van der Waals surface area contributed by atoms with Gasteiger partial charge in [0, 0.05) is 19.2 Å². The first-order valence-corrected chi connectivity index (χ1v) is 4.90. The number of fused-ring (bicyclic) bond motifs is 1. The zero-order valence-electron chi connectivity index (χ0n) is 8.47. The van der Waals surface area contributed by atoms with E-state index in [1.165, 1.54) is 12.3 Å². The number of H-pyrrole nitrogens is 1. The summed E-state index contributed by atoms with van der Waals surface area (Å²) in [6.45, 7) is 0.0796. The van der Waals surface area contributed by atoms with E-state index in [4.69, 9.17) is 10.2 Å². The van der Waals surface area contributed by atoms with Crippen LogP contribution in [0.15, 0.2) is 12.3 Å². The molecule has 0 spiro atoms. The molecule has 0 unspecified atom stereocenters. The average Bonchev–Trinajstić information content (AvgIpc) is 2.68. The van der Waals surface area contributed by atoms with E-state index in [2.05, 4.69) is 15.0 Å². The van der Waals surface area contributed by atoms with Gasteiger partial charge in [-0.3, -0.25) is 0 Å². The molecule has 0 radical (unpaired) electrons. The summed E-state index contributed by atoms with van der Waals surface area (Å²) in [7, 11) is 0. The van der Waals surface area contributed by atoms with Gasteiger partial charge in [-0.2, -0.15) is 0 Å². The van der Waals surface area contributed by atoms with E-state index < -0.39 is 5.97 Å². The van der Waals surface area contributed by atoms with Crippen molar-refractivity contribution >= 4 is 17.1 Å². The second kappa shape index (κ2) is 4.28. The fourth-order valence-electron chi connectivity index (χ4n) is 1.50. The predicted octanol–water partition coefficient (Wildman–Crippen LogP) is 0.581. The molecule has 3 N–H and O–H groups in total. The molecule has 84 valence electrons. The summed E-state index contributed by atoms with van der Waals surface area (Å²) in [6, 6.07) is 1.43. The second-order valence-electron chi connectivity index (χ2n) is 3.37. The van der Waals surface area contributed by atoms with Crippen molar-refractivity contribution in [2.75, 3.05) is 6.61 Å². The van der Waals surface area contributed by atoms with Crippen LogP contribution < -0.4 is 0 Å². The lowest BCUT2D eigenvalue weighted by Gasteiger charge is -1.94. The quantitative estimate of drug-likeness (QED) is 0.701. The number of carboxylic acids is 1. The molecule has 2 aromatic rings. The van der Waals surface area contributed by atoms with Crippen molar-refractivity contribution in [3.63, 3.8) is 0 Å². The minimum absolute atomic E-state index is 0.0796. The topological polar surface area (TPSA) is 99.1 Å². The van der Waals surface area contributed by atoms with Crippen LogP contribution in [0.3, 0.4) is 0 Å². The molecule has 0 aromatic carbocycles. The number of nitrogens with one attached hydrogen (secondary N) is 1. The lowest BCUT2D eigenvalue weighted by molar-refractivity contribution is 0.0698. The summed E-state index contributed by atoms with van der Waals surface area (Å²) in [5.41, 5.74) is 0.989. The van der Waals surface area contributed by atoms with E-state index >= 15 is 0 Å². The van der Waals surface area contributed by atoms with Gasteiger partial charge in [0.1, 0.15) is 5.82 Å². The molecule has 0 saturated carbocycles. The Morgan fingerprint density at radius 2 is 2.31 bits per heavy atom. The molecular weight excluding hydrogens is 210 g/mol. The van der Waals surface area contributed by atoms with Gasteiger partial charge in [-0.15, -0.1) is 0 Å². The minimum atomic E-state index is -1.01.